The van der Waals surface area contributed by atoms with Gasteiger partial charge in [0, 0.05) is 30.4 Å². The van der Waals surface area contributed by atoms with E-state index in [1.54, 1.807) is 14.0 Å². The first-order chi connectivity index (χ1) is 15.1. The second-order valence-electron chi connectivity index (χ2n) is 8.03. The molecule has 1 atom stereocenters. The third kappa shape index (κ3) is 5.28. The van der Waals surface area contributed by atoms with E-state index in [0.717, 1.165) is 48.6 Å². The molecule has 3 aromatic rings. The van der Waals surface area contributed by atoms with Gasteiger partial charge in [-0.25, -0.2) is 0 Å². The van der Waals surface area contributed by atoms with Crippen molar-refractivity contribution in [3.05, 3.63) is 89.6 Å². The van der Waals surface area contributed by atoms with Gasteiger partial charge in [-0.15, -0.1) is 0 Å². The summed E-state index contributed by atoms with van der Waals surface area (Å²) < 4.78 is 5.21. The molecule has 4 heteroatoms. The van der Waals surface area contributed by atoms with Gasteiger partial charge >= 0.3 is 0 Å². The number of likely N-dealkylation sites (tertiary alicyclic amines) is 1. The fourth-order valence-corrected chi connectivity index (χ4v) is 4.08. The number of Topliss-reactive ketones (excluding diaryl/α,β-unsaturated/α-hetero) is 1. The Bertz CT molecular complexity index is 1070. The summed E-state index contributed by atoms with van der Waals surface area (Å²) in [5.41, 5.74) is 5.15. The largest absolute Gasteiger partial charge is 0.497 e. The molecule has 4 nitrogen and oxygen atoms in total. The number of carbonyl (C=O) groups is 1. The van der Waals surface area contributed by atoms with Crippen molar-refractivity contribution in [2.45, 2.75) is 19.3 Å². The molecule has 31 heavy (non-hydrogen) atoms. The van der Waals surface area contributed by atoms with Crippen LogP contribution in [0.4, 0.5) is 0 Å². The summed E-state index contributed by atoms with van der Waals surface area (Å²) >= 11 is 0. The van der Waals surface area contributed by atoms with Crippen molar-refractivity contribution in [1.29, 1.82) is 0 Å². The number of methoxy groups -OCH3 is 1. The van der Waals surface area contributed by atoms with Crippen LogP contribution >= 0.6 is 0 Å². The highest BCUT2D eigenvalue weighted by atomic mass is 16.5. The molecule has 0 unspecified atom stereocenters. The Morgan fingerprint density at radius 3 is 2.77 bits per heavy atom. The Kier molecular flexibility index (Phi) is 6.58. The van der Waals surface area contributed by atoms with Crippen LogP contribution in [0.2, 0.25) is 0 Å². The first-order valence-corrected chi connectivity index (χ1v) is 10.7. The smallest absolute Gasteiger partial charge is 0.159 e. The quantitative estimate of drug-likeness (QED) is 0.483. The van der Waals surface area contributed by atoms with Crippen molar-refractivity contribution in [3.63, 3.8) is 0 Å². The van der Waals surface area contributed by atoms with Gasteiger partial charge < -0.3 is 4.74 Å². The Morgan fingerprint density at radius 1 is 1.16 bits per heavy atom. The highest BCUT2D eigenvalue weighted by Crippen LogP contribution is 2.29. The predicted octanol–water partition coefficient (Wildman–Crippen LogP) is 5.46. The second-order valence-corrected chi connectivity index (χ2v) is 8.03. The molecular weight excluding hydrogens is 384 g/mol. The van der Waals surface area contributed by atoms with E-state index < -0.39 is 0 Å². The first kappa shape index (κ1) is 21.0. The van der Waals surface area contributed by atoms with Crippen molar-refractivity contribution in [3.8, 4) is 17.0 Å². The maximum atomic E-state index is 11.7. The molecule has 1 aliphatic rings. The number of rotatable bonds is 7. The number of ketones is 1. The third-order valence-corrected chi connectivity index (χ3v) is 5.88. The van der Waals surface area contributed by atoms with Gasteiger partial charge in [-0.2, -0.15) is 0 Å². The topological polar surface area (TPSA) is 42.4 Å². The number of ether oxygens (including phenoxy) is 1. The summed E-state index contributed by atoms with van der Waals surface area (Å²) in [6.45, 7) is 4.68. The van der Waals surface area contributed by atoms with Crippen LogP contribution in [-0.2, 0) is 0 Å². The second kappa shape index (κ2) is 9.71. The summed E-state index contributed by atoms with van der Waals surface area (Å²) in [5, 5.41) is 0. The molecule has 2 aromatic carbocycles. The predicted molar refractivity (Wildman–Crippen MR) is 126 cm³/mol. The average Bonchev–Trinajstić information content (AvgIpc) is 3.29. The molecule has 1 aromatic heterocycles. The van der Waals surface area contributed by atoms with Gasteiger partial charge in [0.1, 0.15) is 5.75 Å². The van der Waals surface area contributed by atoms with Crippen LogP contribution in [0, 0.1) is 0 Å². The van der Waals surface area contributed by atoms with E-state index in [2.05, 4.69) is 46.3 Å². The van der Waals surface area contributed by atoms with Gasteiger partial charge in [0.15, 0.2) is 5.78 Å². The van der Waals surface area contributed by atoms with E-state index in [4.69, 9.17) is 4.74 Å². The maximum absolute atomic E-state index is 11.7. The standard InChI is InChI=1S/C27H28N2O2/c1-20(30)22-6-3-7-24(17-22)27-18-23(12-14-28-27)25-13-16-29(19-25)15-4-5-21-8-10-26(31-2)11-9-21/h3-12,14,17-18,25H,13,15-16,19H2,1-2H3/b5-4+/t25-/m0/s1. The zero-order chi connectivity index (χ0) is 21.6. The van der Waals surface area contributed by atoms with Crippen LogP contribution in [0.15, 0.2) is 72.9 Å². The molecule has 2 heterocycles. The van der Waals surface area contributed by atoms with E-state index >= 15 is 0 Å². The molecule has 0 aliphatic carbocycles. The minimum Gasteiger partial charge on any atom is -0.497 e. The number of hydrogen-bond donors (Lipinski definition) is 0. The Morgan fingerprint density at radius 2 is 2.00 bits per heavy atom. The lowest BCUT2D eigenvalue weighted by Crippen LogP contribution is -2.20. The molecule has 0 radical (unpaired) electrons. The highest BCUT2D eigenvalue weighted by molar-refractivity contribution is 5.95. The van der Waals surface area contributed by atoms with Crippen molar-refractivity contribution in [2.75, 3.05) is 26.7 Å². The lowest BCUT2D eigenvalue weighted by molar-refractivity contribution is 0.101. The number of benzene rings is 2. The average molecular weight is 413 g/mol. The lowest BCUT2D eigenvalue weighted by Gasteiger charge is -2.14. The molecule has 0 N–H and O–H groups in total. The summed E-state index contributed by atoms with van der Waals surface area (Å²) in [7, 11) is 1.68. The number of carbonyl (C=O) groups excluding carboxylic acids is 1. The van der Waals surface area contributed by atoms with E-state index in [0.29, 0.717) is 5.92 Å². The van der Waals surface area contributed by atoms with Crippen molar-refractivity contribution >= 4 is 11.9 Å². The van der Waals surface area contributed by atoms with Gasteiger partial charge in [0.2, 0.25) is 0 Å². The number of pyridine rings is 1. The Hall–Kier alpha value is -3.24. The van der Waals surface area contributed by atoms with Crippen molar-refractivity contribution in [1.82, 2.24) is 9.88 Å². The van der Waals surface area contributed by atoms with E-state index in [1.807, 2.05) is 42.6 Å². The molecule has 0 bridgehead atoms. The van der Waals surface area contributed by atoms with Crippen LogP contribution in [0.3, 0.4) is 0 Å². The van der Waals surface area contributed by atoms with Gasteiger partial charge in [0.05, 0.1) is 12.8 Å². The van der Waals surface area contributed by atoms with Crippen LogP contribution in [0.1, 0.15) is 40.7 Å². The maximum Gasteiger partial charge on any atom is 0.159 e. The monoisotopic (exact) mass is 412 g/mol. The van der Waals surface area contributed by atoms with Gasteiger partial charge in [0.25, 0.3) is 0 Å². The molecule has 0 saturated carbocycles. The molecule has 1 fully saturated rings. The fourth-order valence-electron chi connectivity index (χ4n) is 4.08. The number of aromatic nitrogens is 1. The molecular formula is C27H28N2O2. The van der Waals surface area contributed by atoms with Gasteiger partial charge in [-0.1, -0.05) is 42.5 Å². The highest BCUT2D eigenvalue weighted by Gasteiger charge is 2.23. The van der Waals surface area contributed by atoms with Crippen LogP contribution in [-0.4, -0.2) is 42.4 Å². The lowest BCUT2D eigenvalue weighted by atomic mass is 9.97. The molecule has 0 amide bonds. The SMILES string of the molecule is COc1ccc(/C=C/CN2CC[C@H](c3ccnc(-c4cccc(C(C)=O)c4)c3)C2)cc1. The normalized spacial score (nSPS) is 16.6. The van der Waals surface area contributed by atoms with Gasteiger partial charge in [-0.05, 0) is 67.3 Å². The molecule has 0 spiro atoms. The molecule has 1 saturated heterocycles. The molecule has 4 rings (SSSR count). The van der Waals surface area contributed by atoms with E-state index in [1.165, 1.54) is 11.1 Å². The van der Waals surface area contributed by atoms with Crippen LogP contribution < -0.4 is 4.74 Å². The van der Waals surface area contributed by atoms with Crippen molar-refractivity contribution in [2.24, 2.45) is 0 Å². The van der Waals surface area contributed by atoms with E-state index in [9.17, 15) is 4.79 Å². The summed E-state index contributed by atoms with van der Waals surface area (Å²) in [5.74, 6) is 1.46. The van der Waals surface area contributed by atoms with Crippen molar-refractivity contribution < 1.29 is 9.53 Å². The Labute approximate surface area is 184 Å². The molecule has 158 valence electrons. The zero-order valence-electron chi connectivity index (χ0n) is 18.1. The van der Waals surface area contributed by atoms with Crippen LogP contribution in [0.5, 0.6) is 5.75 Å². The fraction of sp³-hybridized carbons (Fsp3) is 0.259. The number of hydrogen-bond acceptors (Lipinski definition) is 4. The summed E-state index contributed by atoms with van der Waals surface area (Å²) in [6, 6.07) is 20.1. The third-order valence-electron chi connectivity index (χ3n) is 5.88. The molecule has 1 aliphatic heterocycles. The van der Waals surface area contributed by atoms with Crippen LogP contribution in [0.25, 0.3) is 17.3 Å². The number of nitrogens with zero attached hydrogens (tertiary/aromatic N) is 2. The summed E-state index contributed by atoms with van der Waals surface area (Å²) in [4.78, 5) is 18.7. The minimum absolute atomic E-state index is 0.0761. The van der Waals surface area contributed by atoms with Gasteiger partial charge in [-0.3, -0.25) is 14.7 Å². The Balaban J connectivity index is 1.39. The zero-order valence-corrected chi connectivity index (χ0v) is 18.1. The summed E-state index contributed by atoms with van der Waals surface area (Å²) in [6.07, 6.45) is 7.43. The minimum atomic E-state index is 0.0761. The first-order valence-electron chi connectivity index (χ1n) is 10.7. The van der Waals surface area contributed by atoms with E-state index in [-0.39, 0.29) is 5.78 Å².